The molecule has 4 rings (SSSR count). The number of benzene rings is 2. The molecule has 0 amide bonds. The molecule has 150 valence electrons. The van der Waals surface area contributed by atoms with E-state index in [9.17, 15) is 18.1 Å². The molecule has 0 spiro atoms. The topological polar surface area (TPSA) is 89.0 Å². The normalized spacial score (nSPS) is 18.0. The van der Waals surface area contributed by atoms with Gasteiger partial charge in [0.25, 0.3) is 0 Å². The van der Waals surface area contributed by atoms with Gasteiger partial charge in [0.2, 0.25) is 0 Å². The standard InChI is InChI=1S/C21H21FN4O2S/c22-17-3-1-15(2-4-17)7-9-26-10-8-24-14-21(26)29(27,28)18-5-6-20-19(11-18)16(12-23)13-25-20/h1-6,11,13,21,24-25H,7-10,14H2. The van der Waals surface area contributed by atoms with Gasteiger partial charge in [-0.3, -0.25) is 4.90 Å². The summed E-state index contributed by atoms with van der Waals surface area (Å²) in [6.07, 6.45) is 2.22. The number of nitrogens with one attached hydrogen (secondary N) is 2. The van der Waals surface area contributed by atoms with Gasteiger partial charge in [-0.05, 0) is 42.3 Å². The van der Waals surface area contributed by atoms with Gasteiger partial charge in [-0.2, -0.15) is 5.26 Å². The van der Waals surface area contributed by atoms with Crippen molar-refractivity contribution in [3.05, 3.63) is 65.6 Å². The van der Waals surface area contributed by atoms with E-state index in [4.69, 9.17) is 0 Å². The van der Waals surface area contributed by atoms with Gasteiger partial charge in [-0.25, -0.2) is 12.8 Å². The van der Waals surface area contributed by atoms with Crippen LogP contribution in [0.2, 0.25) is 0 Å². The molecule has 29 heavy (non-hydrogen) atoms. The summed E-state index contributed by atoms with van der Waals surface area (Å²) in [7, 11) is -3.64. The largest absolute Gasteiger partial charge is 0.360 e. The second-order valence-corrected chi connectivity index (χ2v) is 9.24. The molecule has 2 N–H and O–H groups in total. The number of rotatable bonds is 5. The summed E-state index contributed by atoms with van der Waals surface area (Å²) in [5.74, 6) is -0.284. The highest BCUT2D eigenvalue weighted by molar-refractivity contribution is 7.92. The molecular weight excluding hydrogens is 391 g/mol. The minimum Gasteiger partial charge on any atom is -0.360 e. The Bertz CT molecular complexity index is 1170. The number of fused-ring (bicyclic) bond motifs is 1. The molecule has 6 nitrogen and oxygen atoms in total. The lowest BCUT2D eigenvalue weighted by Crippen LogP contribution is -2.55. The summed E-state index contributed by atoms with van der Waals surface area (Å²) in [6.45, 7) is 2.22. The van der Waals surface area contributed by atoms with E-state index in [0.29, 0.717) is 43.5 Å². The van der Waals surface area contributed by atoms with E-state index >= 15 is 0 Å². The zero-order chi connectivity index (χ0) is 20.4. The van der Waals surface area contributed by atoms with Crippen LogP contribution in [0.25, 0.3) is 10.9 Å². The number of aromatic nitrogens is 1. The molecule has 1 unspecified atom stereocenters. The van der Waals surface area contributed by atoms with Crippen molar-refractivity contribution >= 4 is 20.7 Å². The quantitative estimate of drug-likeness (QED) is 0.672. The Morgan fingerprint density at radius 1 is 1.21 bits per heavy atom. The minimum atomic E-state index is -3.64. The molecule has 3 aromatic rings. The molecule has 2 heterocycles. The predicted octanol–water partition coefficient (Wildman–Crippen LogP) is 2.43. The molecule has 0 saturated carbocycles. The van der Waals surface area contributed by atoms with Crippen LogP contribution in [-0.2, 0) is 16.3 Å². The molecule has 1 saturated heterocycles. The van der Waals surface area contributed by atoms with Gasteiger partial charge >= 0.3 is 0 Å². The first kappa shape index (κ1) is 19.6. The fourth-order valence-electron chi connectivity index (χ4n) is 3.73. The molecule has 1 aliphatic rings. The van der Waals surface area contributed by atoms with Crippen molar-refractivity contribution in [2.45, 2.75) is 16.7 Å². The van der Waals surface area contributed by atoms with Gasteiger partial charge < -0.3 is 10.3 Å². The molecule has 0 aliphatic carbocycles. The smallest absolute Gasteiger partial charge is 0.195 e. The third-order valence-corrected chi connectivity index (χ3v) is 7.46. The van der Waals surface area contributed by atoms with Gasteiger partial charge in [-0.1, -0.05) is 12.1 Å². The number of piperazine rings is 1. The summed E-state index contributed by atoms with van der Waals surface area (Å²) in [5, 5.41) is 12.3. The number of nitrogens with zero attached hydrogens (tertiary/aromatic N) is 2. The van der Waals surface area contributed by atoms with E-state index in [-0.39, 0.29) is 10.7 Å². The highest BCUT2D eigenvalue weighted by atomic mass is 32.2. The number of nitriles is 1. The zero-order valence-electron chi connectivity index (χ0n) is 15.7. The number of H-pyrrole nitrogens is 1. The zero-order valence-corrected chi connectivity index (χ0v) is 16.5. The maximum atomic E-state index is 13.4. The molecule has 1 aromatic heterocycles. The van der Waals surface area contributed by atoms with Crippen LogP contribution in [0.4, 0.5) is 4.39 Å². The summed E-state index contributed by atoms with van der Waals surface area (Å²) in [4.78, 5) is 5.15. The monoisotopic (exact) mass is 412 g/mol. The maximum Gasteiger partial charge on any atom is 0.195 e. The Morgan fingerprint density at radius 2 is 2.00 bits per heavy atom. The Balaban J connectivity index is 1.59. The molecule has 1 aliphatic heterocycles. The maximum absolute atomic E-state index is 13.4. The number of halogens is 1. The van der Waals surface area contributed by atoms with Crippen LogP contribution in [0.5, 0.6) is 0 Å². The van der Waals surface area contributed by atoms with Crippen LogP contribution in [0.15, 0.2) is 53.6 Å². The van der Waals surface area contributed by atoms with E-state index in [1.54, 1.807) is 36.5 Å². The van der Waals surface area contributed by atoms with Crippen LogP contribution >= 0.6 is 0 Å². The molecule has 1 atom stereocenters. The van der Waals surface area contributed by atoms with E-state index in [1.807, 2.05) is 4.90 Å². The summed E-state index contributed by atoms with van der Waals surface area (Å²) in [5.41, 5.74) is 2.12. The number of hydrogen-bond donors (Lipinski definition) is 2. The number of sulfone groups is 1. The van der Waals surface area contributed by atoms with Crippen molar-refractivity contribution in [3.63, 3.8) is 0 Å². The molecule has 0 bridgehead atoms. The van der Waals surface area contributed by atoms with Gasteiger partial charge in [0.15, 0.2) is 9.84 Å². The summed E-state index contributed by atoms with van der Waals surface area (Å²) >= 11 is 0. The minimum absolute atomic E-state index is 0.210. The van der Waals surface area contributed by atoms with Crippen LogP contribution < -0.4 is 5.32 Å². The summed E-state index contributed by atoms with van der Waals surface area (Å²) in [6, 6.07) is 13.2. The van der Waals surface area contributed by atoms with Crippen molar-refractivity contribution in [3.8, 4) is 6.07 Å². The Labute approximate surface area is 168 Å². The first-order chi connectivity index (χ1) is 14.0. The number of hydrogen-bond acceptors (Lipinski definition) is 5. The predicted molar refractivity (Wildman–Crippen MR) is 109 cm³/mol. The third-order valence-electron chi connectivity index (χ3n) is 5.36. The molecular formula is C21H21FN4O2S. The van der Waals surface area contributed by atoms with E-state index in [1.165, 1.54) is 12.1 Å². The Hall–Kier alpha value is -2.73. The highest BCUT2D eigenvalue weighted by Gasteiger charge is 2.34. The van der Waals surface area contributed by atoms with Crippen molar-refractivity contribution < 1.29 is 12.8 Å². The van der Waals surface area contributed by atoms with Crippen LogP contribution in [0, 0.1) is 17.1 Å². The highest BCUT2D eigenvalue weighted by Crippen LogP contribution is 2.26. The van der Waals surface area contributed by atoms with Crippen LogP contribution in [0.1, 0.15) is 11.1 Å². The van der Waals surface area contributed by atoms with Crippen molar-refractivity contribution in [2.75, 3.05) is 26.2 Å². The van der Waals surface area contributed by atoms with Gasteiger partial charge in [0.05, 0.1) is 10.5 Å². The first-order valence-electron chi connectivity index (χ1n) is 9.43. The lowest BCUT2D eigenvalue weighted by Gasteiger charge is -2.35. The average molecular weight is 412 g/mol. The van der Waals surface area contributed by atoms with E-state index in [0.717, 1.165) is 11.1 Å². The van der Waals surface area contributed by atoms with Crippen molar-refractivity contribution in [1.29, 1.82) is 5.26 Å². The second-order valence-electron chi connectivity index (χ2n) is 7.14. The van der Waals surface area contributed by atoms with Crippen molar-refractivity contribution in [2.24, 2.45) is 0 Å². The van der Waals surface area contributed by atoms with E-state index < -0.39 is 15.2 Å². The lowest BCUT2D eigenvalue weighted by molar-refractivity contribution is 0.212. The van der Waals surface area contributed by atoms with E-state index in [2.05, 4.69) is 16.4 Å². The second kappa shape index (κ2) is 7.95. The lowest BCUT2D eigenvalue weighted by atomic mass is 10.1. The fourth-order valence-corrected chi connectivity index (χ4v) is 5.53. The summed E-state index contributed by atoms with van der Waals surface area (Å²) < 4.78 is 39.9. The van der Waals surface area contributed by atoms with Gasteiger partial charge in [0.1, 0.15) is 17.3 Å². The average Bonchev–Trinajstić information content (AvgIpc) is 3.16. The SMILES string of the molecule is N#Cc1c[nH]c2ccc(S(=O)(=O)C3CNCCN3CCc3ccc(F)cc3)cc12. The Morgan fingerprint density at radius 3 is 2.76 bits per heavy atom. The fraction of sp³-hybridized carbons (Fsp3) is 0.286. The Kier molecular flexibility index (Phi) is 5.37. The molecule has 8 heteroatoms. The third kappa shape index (κ3) is 3.90. The van der Waals surface area contributed by atoms with Crippen molar-refractivity contribution in [1.82, 2.24) is 15.2 Å². The van der Waals surface area contributed by atoms with Gasteiger partial charge in [-0.15, -0.1) is 0 Å². The van der Waals surface area contributed by atoms with Crippen LogP contribution in [0.3, 0.4) is 0 Å². The molecule has 0 radical (unpaired) electrons. The molecule has 2 aromatic carbocycles. The molecule has 1 fully saturated rings. The first-order valence-corrected chi connectivity index (χ1v) is 11.0. The van der Waals surface area contributed by atoms with Gasteiger partial charge in [0, 0.05) is 43.3 Å². The number of aromatic amines is 1. The van der Waals surface area contributed by atoms with Crippen LogP contribution in [-0.4, -0.2) is 49.9 Å².